The Morgan fingerprint density at radius 3 is 2.38 bits per heavy atom. The summed E-state index contributed by atoms with van der Waals surface area (Å²) in [6, 6.07) is 10.5. The van der Waals surface area contributed by atoms with Crippen LogP contribution in [0.25, 0.3) is 6.08 Å². The third-order valence-corrected chi connectivity index (χ3v) is 6.87. The van der Waals surface area contributed by atoms with Gasteiger partial charge in [0, 0.05) is 57.0 Å². The van der Waals surface area contributed by atoms with Gasteiger partial charge in [0.25, 0.3) is 5.91 Å². The van der Waals surface area contributed by atoms with Crippen LogP contribution in [-0.4, -0.2) is 88.6 Å². The van der Waals surface area contributed by atoms with Gasteiger partial charge in [-0.2, -0.15) is 0 Å². The first-order chi connectivity index (χ1) is 17.9. The molecule has 3 amide bonds. The molecular weight excluding hydrogens is 472 g/mol. The number of aromatic hydroxyl groups is 1. The van der Waals surface area contributed by atoms with E-state index in [0.29, 0.717) is 51.4 Å². The van der Waals surface area contributed by atoms with Gasteiger partial charge in [0.1, 0.15) is 5.75 Å². The van der Waals surface area contributed by atoms with Crippen molar-refractivity contribution in [3.8, 4) is 5.75 Å². The second-order valence-electron chi connectivity index (χ2n) is 9.39. The van der Waals surface area contributed by atoms with Crippen LogP contribution in [0, 0.1) is 6.92 Å². The molecule has 9 nitrogen and oxygen atoms in total. The molecule has 1 aromatic heterocycles. The number of pyridine rings is 1. The number of benzene rings is 1. The molecule has 0 bridgehead atoms. The molecule has 37 heavy (non-hydrogen) atoms. The molecule has 0 radical (unpaired) electrons. The van der Waals surface area contributed by atoms with Crippen molar-refractivity contribution in [3.63, 3.8) is 0 Å². The summed E-state index contributed by atoms with van der Waals surface area (Å²) in [5.41, 5.74) is 3.01. The zero-order valence-electron chi connectivity index (χ0n) is 21.4. The number of phenols is 1. The molecule has 0 saturated carbocycles. The zero-order valence-corrected chi connectivity index (χ0v) is 21.4. The van der Waals surface area contributed by atoms with Crippen molar-refractivity contribution in [1.82, 2.24) is 19.7 Å². The third-order valence-electron chi connectivity index (χ3n) is 6.87. The number of piperidine rings is 1. The number of carbonyl (C=O) groups excluding carboxylic acids is 3. The number of likely N-dealkylation sites (tertiary alicyclic amines) is 1. The number of aryl methyl sites for hydroxylation is 1. The van der Waals surface area contributed by atoms with Crippen LogP contribution in [0.4, 0.5) is 4.79 Å². The van der Waals surface area contributed by atoms with Crippen LogP contribution in [0.15, 0.2) is 42.5 Å². The highest BCUT2D eigenvalue weighted by molar-refractivity contribution is 5.96. The molecule has 2 aliphatic heterocycles. The molecule has 1 N–H and O–H groups in total. The van der Waals surface area contributed by atoms with E-state index >= 15 is 0 Å². The summed E-state index contributed by atoms with van der Waals surface area (Å²) < 4.78 is 5.07. The van der Waals surface area contributed by atoms with Crippen molar-refractivity contribution in [3.05, 3.63) is 65.0 Å². The van der Waals surface area contributed by atoms with E-state index in [4.69, 9.17) is 9.72 Å². The Morgan fingerprint density at radius 2 is 1.70 bits per heavy atom. The van der Waals surface area contributed by atoms with Crippen molar-refractivity contribution in [2.75, 3.05) is 45.9 Å². The van der Waals surface area contributed by atoms with Gasteiger partial charge in [0.15, 0.2) is 0 Å². The smallest absolute Gasteiger partial charge is 0.409 e. The fourth-order valence-corrected chi connectivity index (χ4v) is 4.82. The highest BCUT2D eigenvalue weighted by Crippen LogP contribution is 2.30. The Kier molecular flexibility index (Phi) is 8.43. The van der Waals surface area contributed by atoms with E-state index in [1.807, 2.05) is 30.0 Å². The Balaban J connectivity index is 1.38. The Morgan fingerprint density at radius 1 is 1.00 bits per heavy atom. The quantitative estimate of drug-likeness (QED) is 0.624. The lowest BCUT2D eigenvalue weighted by atomic mass is 9.89. The van der Waals surface area contributed by atoms with E-state index in [1.165, 1.54) is 6.08 Å². The minimum Gasteiger partial charge on any atom is -0.508 e. The summed E-state index contributed by atoms with van der Waals surface area (Å²) in [6.45, 7) is 6.95. The van der Waals surface area contributed by atoms with Gasteiger partial charge < -0.3 is 24.5 Å². The summed E-state index contributed by atoms with van der Waals surface area (Å²) in [5, 5.41) is 9.60. The minimum atomic E-state index is -0.342. The molecule has 196 valence electrons. The van der Waals surface area contributed by atoms with Crippen molar-refractivity contribution >= 4 is 24.0 Å². The Bertz CT molecular complexity index is 1160. The number of hydrogen-bond acceptors (Lipinski definition) is 6. The van der Waals surface area contributed by atoms with Crippen LogP contribution < -0.4 is 0 Å². The highest BCUT2D eigenvalue weighted by Gasteiger charge is 2.31. The van der Waals surface area contributed by atoms with Gasteiger partial charge in [-0.3, -0.25) is 14.6 Å². The third kappa shape index (κ3) is 6.47. The number of nitrogens with zero attached hydrogens (tertiary/aromatic N) is 4. The number of amides is 3. The van der Waals surface area contributed by atoms with E-state index in [0.717, 1.165) is 29.8 Å². The van der Waals surface area contributed by atoms with E-state index in [-0.39, 0.29) is 29.6 Å². The summed E-state index contributed by atoms with van der Waals surface area (Å²) in [5.74, 6) is 0.0967. The molecule has 2 aliphatic rings. The van der Waals surface area contributed by atoms with Gasteiger partial charge in [-0.15, -0.1) is 0 Å². The average molecular weight is 507 g/mol. The van der Waals surface area contributed by atoms with Gasteiger partial charge in [0.2, 0.25) is 5.91 Å². The first-order valence-corrected chi connectivity index (χ1v) is 12.8. The van der Waals surface area contributed by atoms with E-state index in [1.54, 1.807) is 41.0 Å². The average Bonchev–Trinajstić information content (AvgIpc) is 2.91. The SMILES string of the molecule is CCOC(=O)N1CCN(C(=O)c2ccc(C)nc2C2CCN(C(=O)C=Cc3cccc(O)c3)CC2)CC1. The van der Waals surface area contributed by atoms with Gasteiger partial charge in [-0.05, 0) is 62.6 Å². The molecule has 0 spiro atoms. The lowest BCUT2D eigenvalue weighted by Gasteiger charge is -2.35. The second kappa shape index (κ2) is 11.9. The molecular formula is C28H34N4O5. The van der Waals surface area contributed by atoms with E-state index < -0.39 is 0 Å². The van der Waals surface area contributed by atoms with Crippen molar-refractivity contribution < 1.29 is 24.2 Å². The Labute approximate surface area is 217 Å². The first-order valence-electron chi connectivity index (χ1n) is 12.8. The van der Waals surface area contributed by atoms with Crippen LogP contribution in [0.1, 0.15) is 53.0 Å². The van der Waals surface area contributed by atoms with E-state index in [2.05, 4.69) is 0 Å². The van der Waals surface area contributed by atoms with Crippen molar-refractivity contribution in [1.29, 1.82) is 0 Å². The molecule has 2 saturated heterocycles. The molecule has 2 fully saturated rings. The number of ether oxygens (including phenoxy) is 1. The molecule has 4 rings (SSSR count). The van der Waals surface area contributed by atoms with Crippen LogP contribution in [0.5, 0.6) is 5.75 Å². The molecule has 1 aromatic carbocycles. The lowest BCUT2D eigenvalue weighted by Crippen LogP contribution is -2.51. The van der Waals surface area contributed by atoms with Gasteiger partial charge in [0.05, 0.1) is 17.9 Å². The minimum absolute atomic E-state index is 0.0708. The highest BCUT2D eigenvalue weighted by atomic mass is 16.6. The van der Waals surface area contributed by atoms with Gasteiger partial charge in [-0.1, -0.05) is 12.1 Å². The monoisotopic (exact) mass is 506 g/mol. The standard InChI is InChI=1S/C28H34N4O5/c1-3-37-28(36)32-17-15-31(16-18-32)27(35)24-9-7-20(2)29-26(24)22-11-13-30(14-12-22)25(34)10-8-21-5-4-6-23(33)19-21/h4-10,19,22,33H,3,11-18H2,1-2H3. The fraction of sp³-hybridized carbons (Fsp3) is 0.429. The maximum absolute atomic E-state index is 13.5. The number of piperazine rings is 1. The van der Waals surface area contributed by atoms with Gasteiger partial charge in [-0.25, -0.2) is 4.79 Å². The maximum Gasteiger partial charge on any atom is 0.409 e. The molecule has 0 atom stereocenters. The fourth-order valence-electron chi connectivity index (χ4n) is 4.82. The molecule has 9 heteroatoms. The summed E-state index contributed by atoms with van der Waals surface area (Å²) >= 11 is 0. The molecule has 0 aliphatic carbocycles. The maximum atomic E-state index is 13.5. The van der Waals surface area contributed by atoms with Crippen molar-refractivity contribution in [2.45, 2.75) is 32.6 Å². The number of aromatic nitrogens is 1. The molecule has 0 unspecified atom stereocenters. The predicted octanol–water partition coefficient (Wildman–Crippen LogP) is 3.43. The van der Waals surface area contributed by atoms with Crippen molar-refractivity contribution in [2.24, 2.45) is 0 Å². The first kappa shape index (κ1) is 26.2. The van der Waals surface area contributed by atoms with Crippen LogP contribution >= 0.6 is 0 Å². The number of carbonyl (C=O) groups is 3. The zero-order chi connectivity index (χ0) is 26.4. The number of phenolic OH excluding ortho intramolecular Hbond substituents is 1. The summed E-state index contributed by atoms with van der Waals surface area (Å²) in [4.78, 5) is 48.1. The van der Waals surface area contributed by atoms with Crippen LogP contribution in [-0.2, 0) is 9.53 Å². The largest absolute Gasteiger partial charge is 0.508 e. The number of hydrogen-bond donors (Lipinski definition) is 1. The molecule has 3 heterocycles. The van der Waals surface area contributed by atoms with Crippen LogP contribution in [0.2, 0.25) is 0 Å². The lowest BCUT2D eigenvalue weighted by molar-refractivity contribution is -0.127. The Hall–Kier alpha value is -3.88. The molecule has 2 aromatic rings. The predicted molar refractivity (Wildman–Crippen MR) is 139 cm³/mol. The normalized spacial score (nSPS) is 16.8. The van der Waals surface area contributed by atoms with Crippen LogP contribution in [0.3, 0.4) is 0 Å². The topological polar surface area (TPSA) is 103 Å². The summed E-state index contributed by atoms with van der Waals surface area (Å²) in [6.07, 6.45) is 4.34. The van der Waals surface area contributed by atoms with E-state index in [9.17, 15) is 19.5 Å². The second-order valence-corrected chi connectivity index (χ2v) is 9.39. The van der Waals surface area contributed by atoms with Gasteiger partial charge >= 0.3 is 6.09 Å². The summed E-state index contributed by atoms with van der Waals surface area (Å²) in [7, 11) is 0. The number of rotatable bonds is 5.